The Morgan fingerprint density at radius 3 is 2.30 bits per heavy atom. The standard InChI is InChI=1S/C16H14O4/c1-19-14-4-2-3-5-15(14)20-13-9-6-12(7-10-13)8-11-16(17)18/h2-11H,1H3,(H,17,18). The van der Waals surface area contributed by atoms with E-state index in [-0.39, 0.29) is 0 Å². The molecule has 2 rings (SSSR count). The minimum absolute atomic E-state index is 0.629. The number of carbonyl (C=O) groups is 1. The van der Waals surface area contributed by atoms with E-state index in [1.807, 2.05) is 24.3 Å². The van der Waals surface area contributed by atoms with Gasteiger partial charge in [0.1, 0.15) is 5.75 Å². The Balaban J connectivity index is 2.13. The molecule has 0 aliphatic carbocycles. The van der Waals surface area contributed by atoms with E-state index in [4.69, 9.17) is 14.6 Å². The molecule has 0 aliphatic rings. The lowest BCUT2D eigenvalue weighted by Gasteiger charge is -2.09. The molecule has 4 nitrogen and oxygen atoms in total. The highest BCUT2D eigenvalue weighted by Gasteiger charge is 2.03. The van der Waals surface area contributed by atoms with E-state index >= 15 is 0 Å². The normalized spacial score (nSPS) is 10.4. The quantitative estimate of drug-likeness (QED) is 0.844. The van der Waals surface area contributed by atoms with Crippen LogP contribution in [0.25, 0.3) is 6.08 Å². The number of hydrogen-bond acceptors (Lipinski definition) is 3. The molecule has 0 unspecified atom stereocenters. The van der Waals surface area contributed by atoms with Crippen molar-refractivity contribution in [1.29, 1.82) is 0 Å². The predicted octanol–water partition coefficient (Wildman–Crippen LogP) is 3.59. The molecule has 20 heavy (non-hydrogen) atoms. The van der Waals surface area contributed by atoms with E-state index in [1.54, 1.807) is 31.4 Å². The molecule has 0 saturated heterocycles. The second-order valence-corrected chi connectivity index (χ2v) is 3.99. The summed E-state index contributed by atoms with van der Waals surface area (Å²) in [6, 6.07) is 14.5. The lowest BCUT2D eigenvalue weighted by atomic mass is 10.2. The fourth-order valence-corrected chi connectivity index (χ4v) is 1.64. The fraction of sp³-hybridized carbons (Fsp3) is 0.0625. The zero-order valence-corrected chi connectivity index (χ0v) is 10.9. The fourth-order valence-electron chi connectivity index (χ4n) is 1.64. The van der Waals surface area contributed by atoms with Gasteiger partial charge in [-0.1, -0.05) is 24.3 Å². The first kappa shape index (κ1) is 13.7. The third kappa shape index (κ3) is 3.62. The van der Waals surface area contributed by atoms with E-state index in [0.29, 0.717) is 17.2 Å². The van der Waals surface area contributed by atoms with E-state index in [2.05, 4.69) is 0 Å². The van der Waals surface area contributed by atoms with Gasteiger partial charge in [-0.2, -0.15) is 0 Å². The predicted molar refractivity (Wildman–Crippen MR) is 76.2 cm³/mol. The molecule has 2 aromatic rings. The average Bonchev–Trinajstić information content (AvgIpc) is 2.47. The summed E-state index contributed by atoms with van der Waals surface area (Å²) in [5.41, 5.74) is 0.791. The number of benzene rings is 2. The number of ether oxygens (including phenoxy) is 2. The summed E-state index contributed by atoms with van der Waals surface area (Å²) in [6.07, 6.45) is 2.62. The summed E-state index contributed by atoms with van der Waals surface area (Å²) in [5, 5.41) is 8.56. The van der Waals surface area contributed by atoms with Crippen molar-refractivity contribution in [2.45, 2.75) is 0 Å². The Labute approximate surface area is 116 Å². The molecule has 0 bridgehead atoms. The summed E-state index contributed by atoms with van der Waals surface area (Å²) in [4.78, 5) is 10.4. The molecule has 4 heteroatoms. The van der Waals surface area contributed by atoms with Crippen molar-refractivity contribution in [1.82, 2.24) is 0 Å². The maximum absolute atomic E-state index is 10.4. The van der Waals surface area contributed by atoms with E-state index in [0.717, 1.165) is 11.6 Å². The van der Waals surface area contributed by atoms with Crippen molar-refractivity contribution in [2.24, 2.45) is 0 Å². The highest BCUT2D eigenvalue weighted by Crippen LogP contribution is 2.30. The van der Waals surface area contributed by atoms with Crippen molar-refractivity contribution in [3.63, 3.8) is 0 Å². The van der Waals surface area contributed by atoms with Crippen molar-refractivity contribution >= 4 is 12.0 Å². The largest absolute Gasteiger partial charge is 0.493 e. The van der Waals surface area contributed by atoms with Crippen LogP contribution in [0, 0.1) is 0 Å². The van der Waals surface area contributed by atoms with Crippen LogP contribution in [0.1, 0.15) is 5.56 Å². The molecule has 2 aromatic carbocycles. The number of aliphatic carboxylic acids is 1. The van der Waals surface area contributed by atoms with Gasteiger partial charge in [-0.15, -0.1) is 0 Å². The maximum Gasteiger partial charge on any atom is 0.328 e. The van der Waals surface area contributed by atoms with Gasteiger partial charge in [0.25, 0.3) is 0 Å². The van der Waals surface area contributed by atoms with Crippen molar-refractivity contribution in [3.8, 4) is 17.2 Å². The number of methoxy groups -OCH3 is 1. The van der Waals surface area contributed by atoms with Gasteiger partial charge in [0.15, 0.2) is 11.5 Å². The minimum atomic E-state index is -0.973. The lowest BCUT2D eigenvalue weighted by Crippen LogP contribution is -1.90. The second-order valence-electron chi connectivity index (χ2n) is 3.99. The number of hydrogen-bond donors (Lipinski definition) is 1. The Hall–Kier alpha value is -2.75. The van der Waals surface area contributed by atoms with E-state index in [1.165, 1.54) is 6.08 Å². The van der Waals surface area contributed by atoms with Gasteiger partial charge in [-0.25, -0.2) is 4.79 Å². The van der Waals surface area contributed by atoms with Gasteiger partial charge < -0.3 is 14.6 Å². The zero-order chi connectivity index (χ0) is 14.4. The molecule has 0 aromatic heterocycles. The van der Waals surface area contributed by atoms with Gasteiger partial charge in [0.05, 0.1) is 7.11 Å². The molecule has 0 spiro atoms. The second kappa shape index (κ2) is 6.43. The lowest BCUT2D eigenvalue weighted by molar-refractivity contribution is -0.131. The molecular weight excluding hydrogens is 256 g/mol. The van der Waals surface area contributed by atoms with Crippen LogP contribution in [0.5, 0.6) is 17.2 Å². The van der Waals surface area contributed by atoms with Gasteiger partial charge in [-0.3, -0.25) is 0 Å². The van der Waals surface area contributed by atoms with Crippen LogP contribution in [0.4, 0.5) is 0 Å². The molecule has 0 amide bonds. The maximum atomic E-state index is 10.4. The summed E-state index contributed by atoms with van der Waals surface area (Å²) < 4.78 is 10.9. The number of rotatable bonds is 5. The van der Waals surface area contributed by atoms with Gasteiger partial charge in [-0.05, 0) is 35.9 Å². The average molecular weight is 270 g/mol. The van der Waals surface area contributed by atoms with Crippen molar-refractivity contribution in [2.75, 3.05) is 7.11 Å². The molecule has 0 atom stereocenters. The molecule has 102 valence electrons. The van der Waals surface area contributed by atoms with Crippen LogP contribution in [-0.4, -0.2) is 18.2 Å². The first-order chi connectivity index (χ1) is 9.69. The van der Waals surface area contributed by atoms with Gasteiger partial charge in [0, 0.05) is 6.08 Å². The van der Waals surface area contributed by atoms with Crippen LogP contribution in [-0.2, 0) is 4.79 Å². The monoisotopic (exact) mass is 270 g/mol. The highest BCUT2D eigenvalue weighted by atomic mass is 16.5. The third-order valence-electron chi connectivity index (χ3n) is 2.60. The number of para-hydroxylation sites is 2. The topological polar surface area (TPSA) is 55.8 Å². The smallest absolute Gasteiger partial charge is 0.328 e. The Morgan fingerprint density at radius 2 is 1.70 bits per heavy atom. The van der Waals surface area contributed by atoms with Gasteiger partial charge >= 0.3 is 5.97 Å². The summed E-state index contributed by atoms with van der Waals surface area (Å²) >= 11 is 0. The molecular formula is C16H14O4. The van der Waals surface area contributed by atoms with Crippen LogP contribution in [0.3, 0.4) is 0 Å². The minimum Gasteiger partial charge on any atom is -0.493 e. The Kier molecular flexibility index (Phi) is 4.39. The van der Waals surface area contributed by atoms with Crippen LogP contribution >= 0.6 is 0 Å². The zero-order valence-electron chi connectivity index (χ0n) is 10.9. The SMILES string of the molecule is COc1ccccc1Oc1ccc(C=CC(=O)O)cc1. The third-order valence-corrected chi connectivity index (χ3v) is 2.60. The molecule has 0 saturated carbocycles. The van der Waals surface area contributed by atoms with Crippen LogP contribution < -0.4 is 9.47 Å². The molecule has 0 radical (unpaired) electrons. The van der Waals surface area contributed by atoms with E-state index < -0.39 is 5.97 Å². The molecule has 0 fully saturated rings. The first-order valence-electron chi connectivity index (χ1n) is 6.01. The van der Waals surface area contributed by atoms with Crippen molar-refractivity contribution < 1.29 is 19.4 Å². The van der Waals surface area contributed by atoms with Crippen LogP contribution in [0.2, 0.25) is 0 Å². The number of carboxylic acids is 1. The Morgan fingerprint density at radius 1 is 1.05 bits per heavy atom. The summed E-state index contributed by atoms with van der Waals surface area (Å²) in [5.74, 6) is 0.965. The van der Waals surface area contributed by atoms with Gasteiger partial charge in [0.2, 0.25) is 0 Å². The highest BCUT2D eigenvalue weighted by molar-refractivity contribution is 5.85. The Bertz CT molecular complexity index is 615. The molecule has 0 aliphatic heterocycles. The van der Waals surface area contributed by atoms with E-state index in [9.17, 15) is 4.79 Å². The first-order valence-corrected chi connectivity index (χ1v) is 6.01. The summed E-state index contributed by atoms with van der Waals surface area (Å²) in [7, 11) is 1.59. The molecule has 1 N–H and O–H groups in total. The van der Waals surface area contributed by atoms with Crippen LogP contribution in [0.15, 0.2) is 54.6 Å². The van der Waals surface area contributed by atoms with Crippen molar-refractivity contribution in [3.05, 3.63) is 60.2 Å². The molecule has 0 heterocycles. The summed E-state index contributed by atoms with van der Waals surface area (Å²) in [6.45, 7) is 0. The number of carboxylic acid groups (broad SMARTS) is 1.